The number of pyridine rings is 1. The summed E-state index contributed by atoms with van der Waals surface area (Å²) < 4.78 is 63.5. The number of carbonyl (C=O) groups is 2. The third-order valence-corrected chi connectivity index (χ3v) is 6.16. The Morgan fingerprint density at radius 3 is 2.47 bits per heavy atom. The predicted molar refractivity (Wildman–Crippen MR) is 130 cm³/mol. The molecule has 1 saturated heterocycles. The zero-order valence-corrected chi connectivity index (χ0v) is 20.5. The number of nitrogens with zero attached hydrogens (tertiary/aromatic N) is 6. The van der Waals surface area contributed by atoms with E-state index in [0.717, 1.165) is 17.3 Å². The Labute approximate surface area is 214 Å². The maximum absolute atomic E-state index is 15.1. The molecule has 14 heteroatoms. The van der Waals surface area contributed by atoms with Crippen molar-refractivity contribution < 1.29 is 31.9 Å². The number of anilines is 1. The van der Waals surface area contributed by atoms with Crippen molar-refractivity contribution >= 4 is 34.4 Å². The Hall–Kier alpha value is -4.23. The van der Waals surface area contributed by atoms with Gasteiger partial charge in [0.05, 0.1) is 5.39 Å². The molecule has 0 aromatic carbocycles. The van der Waals surface area contributed by atoms with Crippen molar-refractivity contribution in [3.8, 4) is 0 Å². The number of allylic oxidation sites excluding steroid dienone is 2. The second-order valence-electron chi connectivity index (χ2n) is 8.78. The van der Waals surface area contributed by atoms with Gasteiger partial charge in [-0.25, -0.2) is 19.2 Å². The molecule has 0 bridgehead atoms. The average molecular weight is 536 g/mol. The van der Waals surface area contributed by atoms with E-state index in [9.17, 15) is 27.6 Å². The third kappa shape index (κ3) is 4.97. The largest absolute Gasteiger partial charge is 0.439 e. The molecule has 1 aliphatic carbocycles. The molecule has 1 fully saturated rings. The van der Waals surface area contributed by atoms with Gasteiger partial charge in [-0.15, -0.1) is 0 Å². The molecule has 4 rings (SSSR count). The van der Waals surface area contributed by atoms with Gasteiger partial charge >= 0.3 is 12.3 Å². The highest BCUT2D eigenvalue weighted by Gasteiger charge is 2.40. The minimum absolute atomic E-state index is 0.0732. The lowest BCUT2D eigenvalue weighted by Gasteiger charge is -2.35. The van der Waals surface area contributed by atoms with Crippen molar-refractivity contribution in [2.75, 3.05) is 45.2 Å². The van der Waals surface area contributed by atoms with Crippen LogP contribution >= 0.6 is 0 Å². The minimum atomic E-state index is -5.10. The van der Waals surface area contributed by atoms with Crippen molar-refractivity contribution in [1.29, 1.82) is 0 Å². The van der Waals surface area contributed by atoms with Crippen molar-refractivity contribution in [1.82, 2.24) is 24.3 Å². The normalized spacial score (nSPS) is 18.1. The maximum Gasteiger partial charge on any atom is 0.431 e. The van der Waals surface area contributed by atoms with E-state index < -0.39 is 41.2 Å². The van der Waals surface area contributed by atoms with Crippen LogP contribution in [-0.4, -0.2) is 82.7 Å². The Bertz CT molecular complexity index is 1410. The number of rotatable bonds is 4. The molecule has 3 heterocycles. The van der Waals surface area contributed by atoms with E-state index in [-0.39, 0.29) is 59.8 Å². The van der Waals surface area contributed by atoms with E-state index in [4.69, 9.17) is 4.74 Å². The Balaban J connectivity index is 1.87. The standard InChI is InChI=1S/C24H24F4N6O4/c1-4-18(35)32-8-10-33(11-9-32)21-14-12-17(24(26,27)28)34(22(36)19(14)29-13-30-21)20-15(25)6-5-7-16(20)38-23(37)31(2)3/h4-6,12-13,16H,1,7-11H2,2-3H3. The third-order valence-electron chi connectivity index (χ3n) is 6.16. The molecular weight excluding hydrogens is 512 g/mol. The van der Waals surface area contributed by atoms with Gasteiger partial charge in [-0.2, -0.15) is 13.2 Å². The monoisotopic (exact) mass is 536 g/mol. The van der Waals surface area contributed by atoms with E-state index in [0.29, 0.717) is 6.07 Å². The van der Waals surface area contributed by atoms with E-state index in [2.05, 4.69) is 16.5 Å². The van der Waals surface area contributed by atoms with Crippen LogP contribution in [0.5, 0.6) is 0 Å². The van der Waals surface area contributed by atoms with Gasteiger partial charge in [0.15, 0.2) is 6.10 Å². The highest BCUT2D eigenvalue weighted by molar-refractivity contribution is 5.90. The number of amides is 2. The summed E-state index contributed by atoms with van der Waals surface area (Å²) in [4.78, 5) is 49.8. The van der Waals surface area contributed by atoms with Crippen molar-refractivity contribution in [3.63, 3.8) is 0 Å². The quantitative estimate of drug-likeness (QED) is 0.438. The number of carbonyl (C=O) groups excluding carboxylic acids is 2. The zero-order chi connectivity index (χ0) is 27.8. The topological polar surface area (TPSA) is 101 Å². The molecule has 38 heavy (non-hydrogen) atoms. The molecule has 0 N–H and O–H groups in total. The van der Waals surface area contributed by atoms with Crippen LogP contribution in [-0.2, 0) is 15.7 Å². The van der Waals surface area contributed by atoms with Crippen LogP contribution in [0.3, 0.4) is 0 Å². The molecule has 0 saturated carbocycles. The number of halogens is 4. The maximum atomic E-state index is 15.1. The first-order chi connectivity index (χ1) is 17.9. The summed E-state index contributed by atoms with van der Waals surface area (Å²) in [6, 6.07) is 0.691. The lowest BCUT2D eigenvalue weighted by atomic mass is 10.0. The van der Waals surface area contributed by atoms with Crippen LogP contribution in [0.4, 0.5) is 28.2 Å². The van der Waals surface area contributed by atoms with E-state index in [1.165, 1.54) is 31.1 Å². The molecule has 2 aliphatic rings. The number of fused-ring (bicyclic) bond motifs is 1. The molecule has 1 unspecified atom stereocenters. The molecule has 1 atom stereocenters. The summed E-state index contributed by atoms with van der Waals surface area (Å²) in [6.07, 6.45) is -3.24. The molecule has 0 radical (unpaired) electrons. The number of piperazine rings is 1. The molecule has 10 nitrogen and oxygen atoms in total. The second kappa shape index (κ2) is 10.3. The molecule has 2 aromatic heterocycles. The fourth-order valence-corrected chi connectivity index (χ4v) is 4.30. The van der Waals surface area contributed by atoms with Crippen LogP contribution in [0.1, 0.15) is 12.1 Å². The first-order valence-corrected chi connectivity index (χ1v) is 11.5. The van der Waals surface area contributed by atoms with Gasteiger partial charge in [-0.1, -0.05) is 12.7 Å². The predicted octanol–water partition coefficient (Wildman–Crippen LogP) is 2.81. The van der Waals surface area contributed by atoms with Gasteiger partial charge < -0.3 is 19.4 Å². The lowest BCUT2D eigenvalue weighted by molar-refractivity contribution is -0.142. The number of hydrogen-bond acceptors (Lipinski definition) is 7. The van der Waals surface area contributed by atoms with Crippen LogP contribution in [0.15, 0.2) is 47.8 Å². The molecule has 0 spiro atoms. The van der Waals surface area contributed by atoms with Gasteiger partial charge in [0.25, 0.3) is 5.56 Å². The zero-order valence-electron chi connectivity index (χ0n) is 20.5. The minimum Gasteiger partial charge on any atom is -0.439 e. The highest BCUT2D eigenvalue weighted by Crippen LogP contribution is 2.37. The number of ether oxygens (including phenoxy) is 1. The highest BCUT2D eigenvalue weighted by atomic mass is 19.4. The summed E-state index contributed by atoms with van der Waals surface area (Å²) in [6.45, 7) is 4.46. The molecule has 2 aromatic rings. The Kier molecular flexibility index (Phi) is 7.24. The summed E-state index contributed by atoms with van der Waals surface area (Å²) in [7, 11) is 2.71. The van der Waals surface area contributed by atoms with E-state index in [1.54, 1.807) is 4.90 Å². The Morgan fingerprint density at radius 1 is 1.18 bits per heavy atom. The lowest BCUT2D eigenvalue weighted by Crippen LogP contribution is -2.48. The van der Waals surface area contributed by atoms with Gasteiger partial charge in [0, 0.05) is 46.7 Å². The van der Waals surface area contributed by atoms with Gasteiger partial charge in [0.1, 0.15) is 34.9 Å². The molecular formula is C24H24F4N6O4. The number of alkyl halides is 3. The first-order valence-electron chi connectivity index (χ1n) is 11.5. The summed E-state index contributed by atoms with van der Waals surface area (Å²) in [5.74, 6) is -1.36. The SMILES string of the molecule is C=CC(=O)N1CCN(c2ncnc3c(=O)n(C4=C(F)C=CCC4OC(=O)N(C)C)c(C(F)(F)F)cc23)CC1. The molecule has 2 amide bonds. The fourth-order valence-electron chi connectivity index (χ4n) is 4.30. The number of hydrogen-bond donors (Lipinski definition) is 0. The van der Waals surface area contributed by atoms with Gasteiger partial charge in [-0.05, 0) is 18.2 Å². The van der Waals surface area contributed by atoms with Gasteiger partial charge in [-0.3, -0.25) is 14.2 Å². The smallest absolute Gasteiger partial charge is 0.431 e. The first kappa shape index (κ1) is 26.8. The van der Waals surface area contributed by atoms with Crippen molar-refractivity contribution in [2.45, 2.75) is 18.7 Å². The van der Waals surface area contributed by atoms with Crippen LogP contribution in [0, 0.1) is 0 Å². The van der Waals surface area contributed by atoms with E-state index >= 15 is 4.39 Å². The van der Waals surface area contributed by atoms with Gasteiger partial charge in [0.2, 0.25) is 5.91 Å². The second-order valence-corrected chi connectivity index (χ2v) is 8.78. The average Bonchev–Trinajstić information content (AvgIpc) is 2.88. The van der Waals surface area contributed by atoms with Crippen molar-refractivity contribution in [3.05, 3.63) is 59.1 Å². The van der Waals surface area contributed by atoms with Crippen LogP contribution in [0.25, 0.3) is 16.6 Å². The summed E-state index contributed by atoms with van der Waals surface area (Å²) in [5, 5.41) is -0.182. The summed E-state index contributed by atoms with van der Waals surface area (Å²) in [5.41, 5.74) is -3.85. The number of aromatic nitrogens is 3. The van der Waals surface area contributed by atoms with Crippen LogP contribution in [0.2, 0.25) is 0 Å². The van der Waals surface area contributed by atoms with Crippen LogP contribution < -0.4 is 10.5 Å². The Morgan fingerprint density at radius 2 is 1.87 bits per heavy atom. The summed E-state index contributed by atoms with van der Waals surface area (Å²) >= 11 is 0. The van der Waals surface area contributed by atoms with E-state index in [1.807, 2.05) is 0 Å². The molecule has 202 valence electrons. The van der Waals surface area contributed by atoms with Crippen molar-refractivity contribution in [2.24, 2.45) is 0 Å². The fraction of sp³-hybridized carbons (Fsp3) is 0.375. The molecule has 1 aliphatic heterocycles.